The van der Waals surface area contributed by atoms with Crippen molar-refractivity contribution < 1.29 is 14.9 Å². The molecule has 0 radical (unpaired) electrons. The summed E-state index contributed by atoms with van der Waals surface area (Å²) >= 11 is 0. The van der Waals surface area contributed by atoms with Crippen molar-refractivity contribution >= 4 is 5.95 Å². The molecule has 7 nitrogen and oxygen atoms in total. The van der Waals surface area contributed by atoms with E-state index in [4.69, 9.17) is 9.84 Å². The van der Waals surface area contributed by atoms with Gasteiger partial charge in [-0.25, -0.2) is 9.97 Å². The first-order valence-electron chi connectivity index (χ1n) is 7.99. The van der Waals surface area contributed by atoms with Crippen LogP contribution in [0.2, 0.25) is 0 Å². The SMILES string of the molecule is CC(C)(C)N1CCN(c2ncc(OC[C@](C)(O)CO)cn2)CC1. The summed E-state index contributed by atoms with van der Waals surface area (Å²) in [6.07, 6.45) is 3.21. The van der Waals surface area contributed by atoms with Crippen LogP contribution in [-0.2, 0) is 0 Å². The second-order valence-electron chi connectivity index (χ2n) is 7.31. The van der Waals surface area contributed by atoms with Gasteiger partial charge in [0.2, 0.25) is 5.95 Å². The van der Waals surface area contributed by atoms with E-state index in [1.807, 2.05) is 0 Å². The number of anilines is 1. The number of aromatic nitrogens is 2. The molecule has 2 N–H and O–H groups in total. The molecule has 1 aliphatic heterocycles. The molecule has 1 aromatic rings. The molecule has 0 saturated carbocycles. The van der Waals surface area contributed by atoms with E-state index in [0.29, 0.717) is 11.7 Å². The molecule has 2 rings (SSSR count). The highest BCUT2D eigenvalue weighted by Gasteiger charge is 2.26. The van der Waals surface area contributed by atoms with Crippen molar-refractivity contribution in [1.29, 1.82) is 0 Å². The van der Waals surface area contributed by atoms with Crippen LogP contribution in [0.25, 0.3) is 0 Å². The molecule has 1 saturated heterocycles. The summed E-state index contributed by atoms with van der Waals surface area (Å²) in [6, 6.07) is 0. The predicted octanol–water partition coefficient (Wildman–Crippen LogP) is 0.519. The molecule has 130 valence electrons. The number of nitrogens with zero attached hydrogens (tertiary/aromatic N) is 4. The summed E-state index contributed by atoms with van der Waals surface area (Å²) < 4.78 is 5.40. The molecule has 1 aliphatic rings. The van der Waals surface area contributed by atoms with Crippen molar-refractivity contribution in [2.24, 2.45) is 0 Å². The predicted molar refractivity (Wildman–Crippen MR) is 88.8 cm³/mol. The Kier molecular flexibility index (Phi) is 5.44. The first-order chi connectivity index (χ1) is 10.7. The van der Waals surface area contributed by atoms with Crippen molar-refractivity contribution in [2.45, 2.75) is 38.8 Å². The van der Waals surface area contributed by atoms with Crippen LogP contribution in [0.3, 0.4) is 0 Å². The second-order valence-corrected chi connectivity index (χ2v) is 7.31. The number of hydrogen-bond acceptors (Lipinski definition) is 7. The Balaban J connectivity index is 1.88. The minimum atomic E-state index is -1.26. The smallest absolute Gasteiger partial charge is 0.225 e. The van der Waals surface area contributed by atoms with E-state index in [1.54, 1.807) is 12.4 Å². The summed E-state index contributed by atoms with van der Waals surface area (Å²) in [6.45, 7) is 11.6. The Hall–Kier alpha value is -1.44. The third kappa shape index (κ3) is 5.02. The minimum Gasteiger partial charge on any atom is -0.487 e. The van der Waals surface area contributed by atoms with Gasteiger partial charge in [0, 0.05) is 31.7 Å². The van der Waals surface area contributed by atoms with Crippen LogP contribution >= 0.6 is 0 Å². The molecule has 23 heavy (non-hydrogen) atoms. The Labute approximate surface area is 137 Å². The van der Waals surface area contributed by atoms with Gasteiger partial charge in [-0.1, -0.05) is 0 Å². The van der Waals surface area contributed by atoms with Gasteiger partial charge in [0.05, 0.1) is 19.0 Å². The molecule has 0 aliphatic carbocycles. The Bertz CT molecular complexity index is 491. The summed E-state index contributed by atoms with van der Waals surface area (Å²) in [5.41, 5.74) is -1.07. The van der Waals surface area contributed by atoms with Crippen LogP contribution in [0.4, 0.5) is 5.95 Å². The largest absolute Gasteiger partial charge is 0.487 e. The summed E-state index contributed by atoms with van der Waals surface area (Å²) in [7, 11) is 0. The number of hydrogen-bond donors (Lipinski definition) is 2. The monoisotopic (exact) mass is 324 g/mol. The van der Waals surface area contributed by atoms with Crippen LogP contribution in [0, 0.1) is 0 Å². The molecule has 2 heterocycles. The quantitative estimate of drug-likeness (QED) is 0.817. The molecular formula is C16H28N4O3. The van der Waals surface area contributed by atoms with E-state index in [2.05, 4.69) is 40.5 Å². The standard InChI is InChI=1S/C16H28N4O3/c1-15(2,3)20-7-5-19(6-8-20)14-17-9-13(10-18-14)23-12-16(4,22)11-21/h9-10,21-22H,5-8,11-12H2,1-4H3/t16-/m1/s1. The van der Waals surface area contributed by atoms with E-state index in [9.17, 15) is 5.11 Å². The van der Waals surface area contributed by atoms with Crippen LogP contribution in [0.15, 0.2) is 12.4 Å². The Morgan fingerprint density at radius 1 is 1.09 bits per heavy atom. The van der Waals surface area contributed by atoms with Crippen LogP contribution in [0.5, 0.6) is 5.75 Å². The van der Waals surface area contributed by atoms with Crippen LogP contribution in [-0.4, -0.2) is 75.6 Å². The highest BCUT2D eigenvalue weighted by Crippen LogP contribution is 2.19. The van der Waals surface area contributed by atoms with E-state index < -0.39 is 5.60 Å². The molecule has 1 aromatic heterocycles. The van der Waals surface area contributed by atoms with Crippen molar-refractivity contribution in [3.05, 3.63) is 12.4 Å². The molecule has 0 spiro atoms. The van der Waals surface area contributed by atoms with Gasteiger partial charge in [-0.2, -0.15) is 0 Å². The zero-order chi connectivity index (χ0) is 17.1. The highest BCUT2D eigenvalue weighted by molar-refractivity contribution is 5.32. The summed E-state index contributed by atoms with van der Waals surface area (Å²) in [5, 5.41) is 18.7. The van der Waals surface area contributed by atoms with Gasteiger partial charge in [-0.05, 0) is 27.7 Å². The maximum absolute atomic E-state index is 9.70. The Morgan fingerprint density at radius 2 is 1.65 bits per heavy atom. The molecule has 0 amide bonds. The van der Waals surface area contributed by atoms with Gasteiger partial charge in [0.15, 0.2) is 5.75 Å². The normalized spacial score (nSPS) is 19.5. The topological polar surface area (TPSA) is 82.0 Å². The van der Waals surface area contributed by atoms with Gasteiger partial charge in [-0.3, -0.25) is 4.90 Å². The number of aliphatic hydroxyl groups excluding tert-OH is 1. The lowest BCUT2D eigenvalue weighted by Crippen LogP contribution is -2.53. The van der Waals surface area contributed by atoms with Crippen LogP contribution < -0.4 is 9.64 Å². The lowest BCUT2D eigenvalue weighted by molar-refractivity contribution is -0.0326. The number of aliphatic hydroxyl groups is 2. The highest BCUT2D eigenvalue weighted by atomic mass is 16.5. The first-order valence-corrected chi connectivity index (χ1v) is 7.99. The van der Waals surface area contributed by atoms with Gasteiger partial charge < -0.3 is 19.8 Å². The molecule has 1 atom stereocenters. The molecule has 0 aromatic carbocycles. The van der Waals surface area contributed by atoms with E-state index >= 15 is 0 Å². The zero-order valence-corrected chi connectivity index (χ0v) is 14.5. The first kappa shape index (κ1) is 17.9. The van der Waals surface area contributed by atoms with Gasteiger partial charge in [-0.15, -0.1) is 0 Å². The fourth-order valence-corrected chi connectivity index (χ4v) is 2.41. The lowest BCUT2D eigenvalue weighted by atomic mass is 10.1. The average Bonchev–Trinajstić information content (AvgIpc) is 2.53. The average molecular weight is 324 g/mol. The van der Waals surface area contributed by atoms with Crippen molar-refractivity contribution in [3.63, 3.8) is 0 Å². The fourth-order valence-electron chi connectivity index (χ4n) is 2.41. The lowest BCUT2D eigenvalue weighted by Gasteiger charge is -2.42. The maximum Gasteiger partial charge on any atom is 0.225 e. The summed E-state index contributed by atoms with van der Waals surface area (Å²) in [5.74, 6) is 1.18. The third-order valence-corrected chi connectivity index (χ3v) is 4.02. The van der Waals surface area contributed by atoms with E-state index in [-0.39, 0.29) is 18.8 Å². The van der Waals surface area contributed by atoms with E-state index in [0.717, 1.165) is 26.2 Å². The third-order valence-electron chi connectivity index (χ3n) is 4.02. The number of rotatable bonds is 5. The fraction of sp³-hybridized carbons (Fsp3) is 0.750. The second kappa shape index (κ2) is 6.98. The molecule has 1 fully saturated rings. The van der Waals surface area contributed by atoms with Crippen molar-refractivity contribution in [1.82, 2.24) is 14.9 Å². The minimum absolute atomic E-state index is 0.00351. The Morgan fingerprint density at radius 3 is 2.13 bits per heavy atom. The van der Waals surface area contributed by atoms with Crippen LogP contribution in [0.1, 0.15) is 27.7 Å². The molecular weight excluding hydrogens is 296 g/mol. The zero-order valence-electron chi connectivity index (χ0n) is 14.5. The van der Waals surface area contributed by atoms with Gasteiger partial charge >= 0.3 is 0 Å². The van der Waals surface area contributed by atoms with E-state index in [1.165, 1.54) is 6.92 Å². The van der Waals surface area contributed by atoms with Crippen molar-refractivity contribution in [2.75, 3.05) is 44.3 Å². The number of ether oxygens (including phenoxy) is 1. The summed E-state index contributed by atoms with van der Waals surface area (Å²) in [4.78, 5) is 13.3. The maximum atomic E-state index is 9.70. The van der Waals surface area contributed by atoms with Crippen molar-refractivity contribution in [3.8, 4) is 5.75 Å². The molecule has 0 unspecified atom stereocenters. The van der Waals surface area contributed by atoms with Gasteiger partial charge in [0.25, 0.3) is 0 Å². The number of piperazine rings is 1. The molecule has 7 heteroatoms. The molecule has 0 bridgehead atoms. The van der Waals surface area contributed by atoms with Gasteiger partial charge in [0.1, 0.15) is 12.2 Å².